The van der Waals surface area contributed by atoms with E-state index in [1.54, 1.807) is 36.8 Å². The second kappa shape index (κ2) is 5.69. The van der Waals surface area contributed by atoms with E-state index in [4.69, 9.17) is 4.74 Å². The summed E-state index contributed by atoms with van der Waals surface area (Å²) in [6, 6.07) is 7.25. The van der Waals surface area contributed by atoms with Gasteiger partial charge in [-0.25, -0.2) is 0 Å². The maximum absolute atomic E-state index is 12.0. The summed E-state index contributed by atoms with van der Waals surface area (Å²) in [5, 5.41) is 2.95. The highest BCUT2D eigenvalue weighted by atomic mass is 16.5. The van der Waals surface area contributed by atoms with Crippen molar-refractivity contribution in [2.24, 2.45) is 0 Å². The largest absolute Gasteiger partial charge is 0.456 e. The Morgan fingerprint density at radius 2 is 2.15 bits per heavy atom. The van der Waals surface area contributed by atoms with Crippen molar-refractivity contribution in [3.8, 4) is 11.5 Å². The van der Waals surface area contributed by atoms with Gasteiger partial charge in [0.25, 0.3) is 5.91 Å². The molecule has 1 amide bonds. The number of nitrogens with one attached hydrogen (secondary N) is 1. The first kappa shape index (κ1) is 12.6. The quantitative estimate of drug-likeness (QED) is 0.926. The first-order chi connectivity index (χ1) is 9.81. The molecular formula is C15H15N3O2. The van der Waals surface area contributed by atoms with Gasteiger partial charge in [0.05, 0.1) is 6.20 Å². The third-order valence-corrected chi connectivity index (χ3v) is 3.27. The second-order valence-electron chi connectivity index (χ2n) is 4.77. The third-order valence-electron chi connectivity index (χ3n) is 3.27. The van der Waals surface area contributed by atoms with Crippen LogP contribution in [-0.4, -0.2) is 21.9 Å². The fourth-order valence-corrected chi connectivity index (χ4v) is 1.95. The Morgan fingerprint density at radius 1 is 1.25 bits per heavy atom. The van der Waals surface area contributed by atoms with Gasteiger partial charge in [0.2, 0.25) is 0 Å². The molecular weight excluding hydrogens is 254 g/mol. The van der Waals surface area contributed by atoms with Gasteiger partial charge in [-0.3, -0.25) is 14.8 Å². The predicted molar refractivity (Wildman–Crippen MR) is 73.7 cm³/mol. The van der Waals surface area contributed by atoms with Crippen LogP contribution in [0.5, 0.6) is 11.5 Å². The first-order valence-electron chi connectivity index (χ1n) is 6.66. The topological polar surface area (TPSA) is 64.1 Å². The molecule has 102 valence electrons. The maximum atomic E-state index is 12.0. The van der Waals surface area contributed by atoms with E-state index in [0.717, 1.165) is 12.8 Å². The molecule has 5 heteroatoms. The van der Waals surface area contributed by atoms with E-state index in [0.29, 0.717) is 23.2 Å². The Hall–Kier alpha value is -2.43. The molecule has 1 aliphatic rings. The van der Waals surface area contributed by atoms with Crippen LogP contribution >= 0.6 is 0 Å². The van der Waals surface area contributed by atoms with Gasteiger partial charge >= 0.3 is 0 Å². The van der Waals surface area contributed by atoms with E-state index in [2.05, 4.69) is 15.3 Å². The molecule has 0 aliphatic heterocycles. The van der Waals surface area contributed by atoms with Crippen molar-refractivity contribution in [2.45, 2.75) is 25.3 Å². The Bertz CT molecular complexity index is 597. The van der Waals surface area contributed by atoms with Gasteiger partial charge in [0, 0.05) is 24.5 Å². The van der Waals surface area contributed by atoms with Crippen molar-refractivity contribution in [1.82, 2.24) is 15.3 Å². The number of pyridine rings is 2. The number of rotatable bonds is 4. The first-order valence-corrected chi connectivity index (χ1v) is 6.66. The molecule has 2 aromatic rings. The maximum Gasteiger partial charge on any atom is 0.270 e. The van der Waals surface area contributed by atoms with E-state index in [1.165, 1.54) is 6.42 Å². The summed E-state index contributed by atoms with van der Waals surface area (Å²) in [5.41, 5.74) is 0.373. The van der Waals surface area contributed by atoms with E-state index in [-0.39, 0.29) is 5.91 Å². The van der Waals surface area contributed by atoms with Gasteiger partial charge in [-0.05, 0) is 37.5 Å². The zero-order chi connectivity index (χ0) is 13.8. The molecule has 0 spiro atoms. The summed E-state index contributed by atoms with van der Waals surface area (Å²) in [6.45, 7) is 0. The number of ether oxygens (including phenoxy) is 1. The SMILES string of the molecule is O=C(NC1CCC1)c1cc(Oc2cccnc2)ccn1. The highest BCUT2D eigenvalue weighted by Crippen LogP contribution is 2.21. The van der Waals surface area contributed by atoms with Crippen molar-refractivity contribution in [1.29, 1.82) is 0 Å². The highest BCUT2D eigenvalue weighted by molar-refractivity contribution is 5.92. The van der Waals surface area contributed by atoms with Gasteiger partial charge in [-0.2, -0.15) is 0 Å². The molecule has 0 radical (unpaired) electrons. The van der Waals surface area contributed by atoms with Gasteiger partial charge in [-0.15, -0.1) is 0 Å². The number of amides is 1. The van der Waals surface area contributed by atoms with Crippen LogP contribution in [0.1, 0.15) is 29.8 Å². The van der Waals surface area contributed by atoms with Crippen molar-refractivity contribution in [3.05, 3.63) is 48.5 Å². The minimum absolute atomic E-state index is 0.147. The average molecular weight is 269 g/mol. The number of carbonyl (C=O) groups is 1. The van der Waals surface area contributed by atoms with Crippen molar-refractivity contribution >= 4 is 5.91 Å². The molecule has 20 heavy (non-hydrogen) atoms. The van der Waals surface area contributed by atoms with Crippen LogP contribution in [-0.2, 0) is 0 Å². The van der Waals surface area contributed by atoms with Gasteiger partial charge in [0.15, 0.2) is 0 Å². The van der Waals surface area contributed by atoms with Crippen molar-refractivity contribution in [3.63, 3.8) is 0 Å². The lowest BCUT2D eigenvalue weighted by Crippen LogP contribution is -2.39. The number of aromatic nitrogens is 2. The molecule has 1 aliphatic carbocycles. The second-order valence-corrected chi connectivity index (χ2v) is 4.77. The Balaban J connectivity index is 1.70. The molecule has 0 aromatic carbocycles. The molecule has 2 aromatic heterocycles. The van der Waals surface area contributed by atoms with Crippen LogP contribution in [0.15, 0.2) is 42.9 Å². The molecule has 1 N–H and O–H groups in total. The van der Waals surface area contributed by atoms with E-state index in [1.807, 2.05) is 6.07 Å². The molecule has 0 bridgehead atoms. The molecule has 0 atom stereocenters. The van der Waals surface area contributed by atoms with Crippen molar-refractivity contribution in [2.75, 3.05) is 0 Å². The summed E-state index contributed by atoms with van der Waals surface area (Å²) < 4.78 is 5.63. The summed E-state index contributed by atoms with van der Waals surface area (Å²) in [6.07, 6.45) is 8.16. The fourth-order valence-electron chi connectivity index (χ4n) is 1.95. The molecule has 1 fully saturated rings. The predicted octanol–water partition coefficient (Wildman–Crippen LogP) is 2.55. The average Bonchev–Trinajstić information content (AvgIpc) is 2.44. The Labute approximate surface area is 117 Å². The zero-order valence-corrected chi connectivity index (χ0v) is 11.0. The fraction of sp³-hybridized carbons (Fsp3) is 0.267. The monoisotopic (exact) mass is 269 g/mol. The Morgan fingerprint density at radius 3 is 2.85 bits per heavy atom. The normalized spacial score (nSPS) is 14.4. The molecule has 3 rings (SSSR count). The molecule has 0 saturated heterocycles. The summed E-state index contributed by atoms with van der Waals surface area (Å²) in [5.74, 6) is 1.06. The van der Waals surface area contributed by atoms with E-state index in [9.17, 15) is 4.79 Å². The van der Waals surface area contributed by atoms with Crippen molar-refractivity contribution < 1.29 is 9.53 Å². The lowest BCUT2D eigenvalue weighted by Gasteiger charge is -2.26. The highest BCUT2D eigenvalue weighted by Gasteiger charge is 2.20. The van der Waals surface area contributed by atoms with Gasteiger partial charge in [0.1, 0.15) is 17.2 Å². The summed E-state index contributed by atoms with van der Waals surface area (Å²) in [7, 11) is 0. The number of hydrogen-bond acceptors (Lipinski definition) is 4. The lowest BCUT2D eigenvalue weighted by atomic mass is 9.93. The third kappa shape index (κ3) is 2.93. The van der Waals surface area contributed by atoms with Crippen LogP contribution < -0.4 is 10.1 Å². The lowest BCUT2D eigenvalue weighted by molar-refractivity contribution is 0.0911. The summed E-state index contributed by atoms with van der Waals surface area (Å²) >= 11 is 0. The Kier molecular flexibility index (Phi) is 3.58. The standard InChI is InChI=1S/C15H15N3O2/c19-15(18-11-3-1-4-11)14-9-12(6-8-17-14)20-13-5-2-7-16-10-13/h2,5-11H,1,3-4H2,(H,18,19). The number of hydrogen-bond donors (Lipinski definition) is 1. The van der Waals surface area contributed by atoms with Crippen LogP contribution in [0, 0.1) is 0 Å². The minimum Gasteiger partial charge on any atom is -0.456 e. The number of carbonyl (C=O) groups excluding carboxylic acids is 1. The van der Waals surface area contributed by atoms with Gasteiger partial charge in [-0.1, -0.05) is 0 Å². The van der Waals surface area contributed by atoms with Crippen LogP contribution in [0.3, 0.4) is 0 Å². The number of nitrogens with zero attached hydrogens (tertiary/aromatic N) is 2. The molecule has 1 saturated carbocycles. The zero-order valence-electron chi connectivity index (χ0n) is 11.0. The van der Waals surface area contributed by atoms with Crippen LogP contribution in [0.25, 0.3) is 0 Å². The van der Waals surface area contributed by atoms with Crippen LogP contribution in [0.4, 0.5) is 0 Å². The van der Waals surface area contributed by atoms with E-state index >= 15 is 0 Å². The summed E-state index contributed by atoms with van der Waals surface area (Å²) in [4.78, 5) is 20.1. The van der Waals surface area contributed by atoms with Gasteiger partial charge < -0.3 is 10.1 Å². The molecule has 5 nitrogen and oxygen atoms in total. The smallest absolute Gasteiger partial charge is 0.270 e. The minimum atomic E-state index is -0.147. The van der Waals surface area contributed by atoms with Crippen LogP contribution in [0.2, 0.25) is 0 Å². The molecule has 0 unspecified atom stereocenters. The van der Waals surface area contributed by atoms with E-state index < -0.39 is 0 Å². The molecule has 2 heterocycles.